The highest BCUT2D eigenvalue weighted by atomic mass is 35.5. The molecule has 0 radical (unpaired) electrons. The largest absolute Gasteiger partial charge is 0.477 e. The molecule has 3 heterocycles. The molecule has 0 aromatic rings. The molecule has 0 bridgehead atoms. The predicted octanol–water partition coefficient (Wildman–Crippen LogP) is -4.27. The van der Waals surface area contributed by atoms with Crippen molar-refractivity contribution in [2.75, 3.05) is 25.7 Å². The minimum absolute atomic E-state index is 0.123. The summed E-state index contributed by atoms with van der Waals surface area (Å²) in [6, 6.07) is -2.33. The summed E-state index contributed by atoms with van der Waals surface area (Å²) in [4.78, 5) is 20.3. The van der Waals surface area contributed by atoms with E-state index in [1.807, 2.05) is 0 Å². The predicted molar refractivity (Wildman–Crippen MR) is 156 cm³/mol. The van der Waals surface area contributed by atoms with Crippen molar-refractivity contribution in [1.82, 2.24) is 0 Å². The summed E-state index contributed by atoms with van der Waals surface area (Å²) in [5, 5.41) is 96.4. The van der Waals surface area contributed by atoms with Crippen LogP contribution in [0.1, 0.15) is 19.8 Å². The normalized spacial score (nSPS) is 50.0. The van der Waals surface area contributed by atoms with Crippen molar-refractivity contribution in [3.63, 3.8) is 0 Å². The van der Waals surface area contributed by atoms with E-state index in [0.29, 0.717) is 6.42 Å². The number of aliphatic hydroxyl groups excluding tert-OH is 7. The second-order valence-corrected chi connectivity index (χ2v) is 13.0. The highest BCUT2D eigenvalue weighted by Crippen LogP contribution is 2.61. The monoisotopic (exact) mass is 698 g/mol. The topological polar surface area (TPSA) is 279 Å². The van der Waals surface area contributed by atoms with Crippen LogP contribution in [-0.2, 0) is 33.2 Å². The Hall–Kier alpha value is -1.46. The van der Waals surface area contributed by atoms with Gasteiger partial charge in [0, 0.05) is 12.3 Å². The summed E-state index contributed by atoms with van der Waals surface area (Å²) in [5.41, 5.74) is -3.98. The Morgan fingerprint density at radius 1 is 1.04 bits per heavy atom. The zero-order valence-electron chi connectivity index (χ0n) is 25.5. The molecule has 0 spiro atoms. The summed E-state index contributed by atoms with van der Waals surface area (Å²) >= 11 is 5.67. The number of rotatable bonds is 15. The molecule has 3 aliphatic heterocycles. The van der Waals surface area contributed by atoms with Gasteiger partial charge in [0.05, 0.1) is 50.0 Å². The smallest absolute Gasteiger partial charge is 0.364 e. The van der Waals surface area contributed by atoms with Crippen LogP contribution in [0, 0.1) is 11.8 Å². The number of carbonyl (C=O) groups is 1. The number of carboxylic acids is 1. The van der Waals surface area contributed by atoms with E-state index < -0.39 is 134 Å². The van der Waals surface area contributed by atoms with Crippen molar-refractivity contribution in [3.8, 4) is 0 Å². The Balaban J connectivity index is 1.38. The van der Waals surface area contributed by atoms with Crippen LogP contribution in [-0.4, -0.2) is 188 Å². The van der Waals surface area contributed by atoms with Crippen molar-refractivity contribution >= 4 is 31.0 Å². The number of carboxylic acid groups (broad SMARTS) is 1. The van der Waals surface area contributed by atoms with Gasteiger partial charge < -0.3 is 74.4 Å². The van der Waals surface area contributed by atoms with Crippen molar-refractivity contribution in [1.29, 1.82) is 0 Å². The van der Waals surface area contributed by atoms with Crippen LogP contribution in [0.15, 0.2) is 9.98 Å². The minimum atomic E-state index is -2.67. The number of hydrogen-bond donors (Lipinski definition) is 9. The van der Waals surface area contributed by atoms with Gasteiger partial charge in [-0.05, 0) is 26.8 Å². The number of aliphatic carboxylic acids is 1. The molecule has 3 saturated heterocycles. The fraction of sp³-hybridized carbons (Fsp3) is 0.893. The first kappa shape index (κ1) is 36.8. The number of nitrogens with zero attached hydrogens (tertiary/aromatic N) is 2. The highest BCUT2D eigenvalue weighted by Gasteiger charge is 2.82. The molecule has 2 saturated carbocycles. The van der Waals surface area contributed by atoms with Crippen LogP contribution in [0.2, 0.25) is 0 Å². The molecule has 11 unspecified atom stereocenters. The number of fused-ring (bicyclic) bond motifs is 2. The lowest BCUT2D eigenvalue weighted by Crippen LogP contribution is -2.63. The molecule has 18 nitrogen and oxygen atoms in total. The zero-order chi connectivity index (χ0) is 34.6. The number of aliphatic imine (C=N–C) groups is 2. The quantitative estimate of drug-likeness (QED) is 0.0445. The van der Waals surface area contributed by atoms with E-state index in [4.69, 9.17) is 40.0 Å². The number of alkyl halides is 1. The minimum Gasteiger partial charge on any atom is -0.477 e. The van der Waals surface area contributed by atoms with E-state index in [2.05, 4.69) is 23.4 Å². The number of hydrogen-bond acceptors (Lipinski definition) is 17. The van der Waals surface area contributed by atoms with E-state index >= 15 is 0 Å². The molecule has 0 aromatic heterocycles. The second kappa shape index (κ2) is 13.7. The summed E-state index contributed by atoms with van der Waals surface area (Å²) in [6.07, 6.45) is -16.4. The van der Waals surface area contributed by atoms with Gasteiger partial charge in [-0.1, -0.05) is 0 Å². The first-order valence-corrected chi connectivity index (χ1v) is 15.8. The third-order valence-electron chi connectivity index (χ3n) is 9.97. The molecule has 0 amide bonds. The van der Waals surface area contributed by atoms with Crippen molar-refractivity contribution in [3.05, 3.63) is 0 Å². The lowest BCUT2D eigenvalue weighted by Gasteiger charge is -2.45. The summed E-state index contributed by atoms with van der Waals surface area (Å²) in [5.74, 6) is -6.53. The lowest BCUT2D eigenvalue weighted by molar-refractivity contribution is -0.337. The third kappa shape index (κ3) is 5.83. The van der Waals surface area contributed by atoms with Crippen LogP contribution in [0.25, 0.3) is 0 Å². The Kier molecular flexibility index (Phi) is 10.7. The lowest BCUT2D eigenvalue weighted by atomic mass is 9.88. The molecule has 47 heavy (non-hydrogen) atoms. The Labute approximate surface area is 274 Å². The van der Waals surface area contributed by atoms with Gasteiger partial charge in [0.25, 0.3) is 5.79 Å². The Morgan fingerprint density at radius 2 is 1.68 bits per heavy atom. The Bertz CT molecular complexity index is 1160. The van der Waals surface area contributed by atoms with Crippen molar-refractivity contribution < 1.29 is 79.2 Å². The average molecular weight is 699 g/mol. The second-order valence-electron chi connectivity index (χ2n) is 12.6. The number of ether oxygens (including phenoxy) is 6. The van der Waals surface area contributed by atoms with Crippen molar-refractivity contribution in [2.24, 2.45) is 21.8 Å². The van der Waals surface area contributed by atoms with E-state index in [0.717, 1.165) is 0 Å². The SMILES string of the molecule is C=N[C@@H]1C(O)C[C@](OC2[C@@H]3C(O)[C@H](OC45C(CO)O[C@@H](OCCCCl)C(O)C4C5O)OC(CO)C23O)(C(=O)O)OC1[C@H](N=C)[C@@H](C)O. The van der Waals surface area contributed by atoms with Gasteiger partial charge in [0.2, 0.25) is 0 Å². The van der Waals surface area contributed by atoms with Crippen LogP contribution in [0.4, 0.5) is 0 Å². The fourth-order valence-corrected chi connectivity index (χ4v) is 7.54. The summed E-state index contributed by atoms with van der Waals surface area (Å²) in [7, 11) is 0. The van der Waals surface area contributed by atoms with Gasteiger partial charge in [-0.2, -0.15) is 0 Å². The molecule has 5 fully saturated rings. The van der Waals surface area contributed by atoms with E-state index in [9.17, 15) is 50.8 Å². The molecule has 18 atom stereocenters. The fourth-order valence-electron chi connectivity index (χ4n) is 7.44. The summed E-state index contributed by atoms with van der Waals surface area (Å²) < 4.78 is 34.6. The maximum absolute atomic E-state index is 12.7. The Morgan fingerprint density at radius 3 is 2.23 bits per heavy atom. The maximum Gasteiger partial charge on any atom is 0.364 e. The standard InChI is InChI=1S/C28H43ClN2O16/c1-10(34)16(30-2)20-17(31-3)11(35)7-26(45-20,25(39)40)46-22-15-19(37)24(43-12(8-32)27(15,22)41)47-28-13(9-33)44-23(42-6-4-5-29)18(36)14(28)21(28)38/h10-24,32-38,41H,2-9H2,1H3,(H,39,40)/t10-,11?,12?,13?,14?,15+,16-,17-,18?,19?,20?,21?,22?,23-,24+,26+,27?,28?/m1/s1. The van der Waals surface area contributed by atoms with Gasteiger partial charge >= 0.3 is 5.97 Å². The number of aliphatic hydroxyl groups is 8. The van der Waals surface area contributed by atoms with Gasteiger partial charge in [-0.3, -0.25) is 9.98 Å². The maximum atomic E-state index is 12.7. The summed E-state index contributed by atoms with van der Waals surface area (Å²) in [6.45, 7) is 6.72. The van der Waals surface area contributed by atoms with Crippen LogP contribution in [0.5, 0.6) is 0 Å². The molecule has 5 aliphatic rings. The molecule has 0 aromatic carbocycles. The number of halogens is 1. The van der Waals surface area contributed by atoms with Crippen LogP contribution in [0.3, 0.4) is 0 Å². The molecule has 9 N–H and O–H groups in total. The van der Waals surface area contributed by atoms with Gasteiger partial charge in [0.1, 0.15) is 59.9 Å². The van der Waals surface area contributed by atoms with Gasteiger partial charge in [-0.25, -0.2) is 4.79 Å². The zero-order valence-corrected chi connectivity index (χ0v) is 26.2. The first-order valence-electron chi connectivity index (χ1n) is 15.2. The van der Waals surface area contributed by atoms with E-state index in [1.165, 1.54) is 6.92 Å². The molecule has 2 aliphatic carbocycles. The van der Waals surface area contributed by atoms with Gasteiger partial charge in [-0.15, -0.1) is 11.6 Å². The molecule has 19 heteroatoms. The average Bonchev–Trinajstić information content (AvgIpc) is 3.84. The molecule has 268 valence electrons. The van der Waals surface area contributed by atoms with E-state index in [-0.39, 0.29) is 12.5 Å². The van der Waals surface area contributed by atoms with Gasteiger partial charge in [0.15, 0.2) is 12.6 Å². The highest BCUT2D eigenvalue weighted by molar-refractivity contribution is 6.17. The van der Waals surface area contributed by atoms with Crippen LogP contribution >= 0.6 is 11.6 Å². The van der Waals surface area contributed by atoms with E-state index in [1.54, 1.807) is 0 Å². The first-order chi connectivity index (χ1) is 22.2. The van der Waals surface area contributed by atoms with Crippen molar-refractivity contribution in [2.45, 2.75) is 116 Å². The third-order valence-corrected chi connectivity index (χ3v) is 10.2. The molecule has 5 rings (SSSR count). The molecular formula is C28H43ClN2O16. The van der Waals surface area contributed by atoms with Crippen LogP contribution < -0.4 is 0 Å². The molecular weight excluding hydrogens is 656 g/mol.